The SMILES string of the molecule is CCN1CCC(NC(=O)CSc2nnc(COc3ccc(OC)cc3)n2-c2ccccc2F)CC1. The molecule has 0 unspecified atom stereocenters. The smallest absolute Gasteiger partial charge is 0.230 e. The Morgan fingerprint density at radius 1 is 1.11 bits per heavy atom. The molecule has 3 aromatic rings. The number of amides is 1. The number of nitrogens with zero attached hydrogens (tertiary/aromatic N) is 4. The van der Waals surface area contributed by atoms with Gasteiger partial charge in [0.1, 0.15) is 23.9 Å². The van der Waals surface area contributed by atoms with Crippen molar-refractivity contribution in [3.63, 3.8) is 0 Å². The first-order chi connectivity index (χ1) is 17.1. The molecule has 0 aliphatic carbocycles. The number of nitrogens with one attached hydrogen (secondary N) is 1. The maximum absolute atomic E-state index is 14.7. The number of rotatable bonds is 10. The number of hydrogen-bond donors (Lipinski definition) is 1. The van der Waals surface area contributed by atoms with E-state index in [0.29, 0.717) is 22.4 Å². The van der Waals surface area contributed by atoms with Crippen LogP contribution in [0.2, 0.25) is 0 Å². The Morgan fingerprint density at radius 2 is 1.83 bits per heavy atom. The Kier molecular flexibility index (Phi) is 8.59. The van der Waals surface area contributed by atoms with Gasteiger partial charge in [0, 0.05) is 19.1 Å². The fourth-order valence-electron chi connectivity index (χ4n) is 3.98. The standard InChI is InChI=1S/C25H30FN5O3S/c1-3-30-14-12-18(13-15-30)27-24(32)17-35-25-29-28-23(31(25)22-7-5-4-6-21(22)26)16-34-20-10-8-19(33-2)9-11-20/h4-11,18H,3,12-17H2,1-2H3,(H,27,32). The van der Waals surface area contributed by atoms with E-state index in [2.05, 4.69) is 27.3 Å². The molecule has 1 fully saturated rings. The highest BCUT2D eigenvalue weighted by atomic mass is 32.2. The van der Waals surface area contributed by atoms with Crippen molar-refractivity contribution in [3.8, 4) is 17.2 Å². The molecular weight excluding hydrogens is 469 g/mol. The average molecular weight is 500 g/mol. The first-order valence-electron chi connectivity index (χ1n) is 11.7. The van der Waals surface area contributed by atoms with Crippen LogP contribution >= 0.6 is 11.8 Å². The Hall–Kier alpha value is -3.11. The molecule has 2 aromatic carbocycles. The van der Waals surface area contributed by atoms with E-state index in [1.807, 2.05) is 0 Å². The van der Waals surface area contributed by atoms with E-state index in [1.165, 1.54) is 17.8 Å². The van der Waals surface area contributed by atoms with Gasteiger partial charge in [0.25, 0.3) is 0 Å². The van der Waals surface area contributed by atoms with Gasteiger partial charge in [-0.1, -0.05) is 30.8 Å². The van der Waals surface area contributed by atoms with E-state index >= 15 is 0 Å². The van der Waals surface area contributed by atoms with Gasteiger partial charge >= 0.3 is 0 Å². The van der Waals surface area contributed by atoms with E-state index < -0.39 is 5.82 Å². The van der Waals surface area contributed by atoms with Crippen LogP contribution in [0.25, 0.3) is 5.69 Å². The van der Waals surface area contributed by atoms with Crippen molar-refractivity contribution in [1.82, 2.24) is 25.0 Å². The summed E-state index contributed by atoms with van der Waals surface area (Å²) in [4.78, 5) is 15.0. The summed E-state index contributed by atoms with van der Waals surface area (Å²) in [5.74, 6) is 1.47. The number of ether oxygens (including phenoxy) is 2. The maximum Gasteiger partial charge on any atom is 0.230 e. The molecule has 1 aliphatic heterocycles. The number of benzene rings is 2. The second-order valence-electron chi connectivity index (χ2n) is 8.21. The van der Waals surface area contributed by atoms with Crippen LogP contribution in [0.15, 0.2) is 53.7 Å². The first kappa shape index (κ1) is 25.0. The number of thioether (sulfide) groups is 1. The molecule has 1 amide bonds. The number of carbonyl (C=O) groups excluding carboxylic acids is 1. The summed E-state index contributed by atoms with van der Waals surface area (Å²) in [5, 5.41) is 12.0. The van der Waals surface area contributed by atoms with E-state index in [4.69, 9.17) is 9.47 Å². The summed E-state index contributed by atoms with van der Waals surface area (Å²) in [6.07, 6.45) is 1.89. The highest BCUT2D eigenvalue weighted by molar-refractivity contribution is 7.99. The van der Waals surface area contributed by atoms with Crippen LogP contribution < -0.4 is 14.8 Å². The molecule has 2 heterocycles. The van der Waals surface area contributed by atoms with Crippen LogP contribution in [0.1, 0.15) is 25.6 Å². The van der Waals surface area contributed by atoms with Gasteiger partial charge in [-0.15, -0.1) is 10.2 Å². The van der Waals surface area contributed by atoms with Gasteiger partial charge in [-0.05, 0) is 55.8 Å². The number of methoxy groups -OCH3 is 1. The molecule has 35 heavy (non-hydrogen) atoms. The molecule has 0 radical (unpaired) electrons. The number of likely N-dealkylation sites (tertiary alicyclic amines) is 1. The topological polar surface area (TPSA) is 81.5 Å². The Labute approximate surface area is 208 Å². The van der Waals surface area contributed by atoms with Gasteiger partial charge in [-0.3, -0.25) is 9.36 Å². The van der Waals surface area contributed by atoms with Gasteiger partial charge in [0.2, 0.25) is 5.91 Å². The van der Waals surface area contributed by atoms with Crippen LogP contribution in [-0.2, 0) is 11.4 Å². The van der Waals surface area contributed by atoms with Gasteiger partial charge in [0.05, 0.1) is 18.6 Å². The number of aromatic nitrogens is 3. The molecule has 8 nitrogen and oxygen atoms in total. The zero-order valence-corrected chi connectivity index (χ0v) is 20.8. The highest BCUT2D eigenvalue weighted by Crippen LogP contribution is 2.25. The van der Waals surface area contributed by atoms with Crippen molar-refractivity contribution in [2.75, 3.05) is 32.5 Å². The molecule has 10 heteroatoms. The third-order valence-electron chi connectivity index (χ3n) is 5.95. The first-order valence-corrected chi connectivity index (χ1v) is 12.7. The van der Waals surface area contributed by atoms with Crippen LogP contribution in [0.4, 0.5) is 4.39 Å². The lowest BCUT2D eigenvalue weighted by Crippen LogP contribution is -2.45. The fraction of sp³-hybridized carbons (Fsp3) is 0.400. The third kappa shape index (κ3) is 6.52. The molecule has 0 spiro atoms. The van der Waals surface area contributed by atoms with Crippen LogP contribution in [-0.4, -0.2) is 64.1 Å². The summed E-state index contributed by atoms with van der Waals surface area (Å²) < 4.78 is 27.3. The number of hydrogen-bond acceptors (Lipinski definition) is 7. The summed E-state index contributed by atoms with van der Waals surface area (Å²) in [5.41, 5.74) is 0.306. The Balaban J connectivity index is 1.44. The number of carbonyl (C=O) groups is 1. The zero-order valence-electron chi connectivity index (χ0n) is 19.9. The van der Waals surface area contributed by atoms with Crippen molar-refractivity contribution in [3.05, 3.63) is 60.2 Å². The largest absolute Gasteiger partial charge is 0.497 e. The summed E-state index contributed by atoms with van der Waals surface area (Å²) >= 11 is 1.23. The van der Waals surface area contributed by atoms with E-state index in [1.54, 1.807) is 54.1 Å². The molecular formula is C25H30FN5O3S. The van der Waals surface area contributed by atoms with Crippen molar-refractivity contribution in [1.29, 1.82) is 0 Å². The molecule has 1 N–H and O–H groups in total. The molecule has 0 saturated carbocycles. The molecule has 1 saturated heterocycles. The third-order valence-corrected chi connectivity index (χ3v) is 6.88. The lowest BCUT2D eigenvalue weighted by molar-refractivity contribution is -0.119. The fourth-order valence-corrected chi connectivity index (χ4v) is 4.75. The van der Waals surface area contributed by atoms with Gasteiger partial charge < -0.3 is 19.7 Å². The van der Waals surface area contributed by atoms with Gasteiger partial charge in [0.15, 0.2) is 11.0 Å². The van der Waals surface area contributed by atoms with Crippen molar-refractivity contribution in [2.45, 2.75) is 37.6 Å². The molecule has 1 aliphatic rings. The van der Waals surface area contributed by atoms with Crippen molar-refractivity contribution >= 4 is 17.7 Å². The minimum atomic E-state index is -0.410. The maximum atomic E-state index is 14.7. The lowest BCUT2D eigenvalue weighted by atomic mass is 10.1. The minimum Gasteiger partial charge on any atom is -0.497 e. The summed E-state index contributed by atoms with van der Waals surface area (Å²) in [6, 6.07) is 13.8. The minimum absolute atomic E-state index is 0.0657. The number of halogens is 1. The van der Waals surface area contributed by atoms with Crippen molar-refractivity contribution in [2.24, 2.45) is 0 Å². The summed E-state index contributed by atoms with van der Waals surface area (Å²) in [6.45, 7) is 5.25. The number of para-hydroxylation sites is 1. The molecule has 1 aromatic heterocycles. The Bertz CT molecular complexity index is 1120. The molecule has 4 rings (SSSR count). The van der Waals surface area contributed by atoms with E-state index in [9.17, 15) is 9.18 Å². The van der Waals surface area contributed by atoms with Crippen LogP contribution in [0.5, 0.6) is 11.5 Å². The average Bonchev–Trinajstić information content (AvgIpc) is 3.29. The molecule has 186 valence electrons. The van der Waals surface area contributed by atoms with Gasteiger partial charge in [-0.25, -0.2) is 4.39 Å². The number of piperidine rings is 1. The van der Waals surface area contributed by atoms with Gasteiger partial charge in [-0.2, -0.15) is 0 Å². The van der Waals surface area contributed by atoms with Crippen LogP contribution in [0.3, 0.4) is 0 Å². The predicted molar refractivity (Wildman–Crippen MR) is 133 cm³/mol. The second-order valence-corrected chi connectivity index (χ2v) is 9.16. The second kappa shape index (κ2) is 12.0. The Morgan fingerprint density at radius 3 is 2.51 bits per heavy atom. The molecule has 0 atom stereocenters. The van der Waals surface area contributed by atoms with Crippen LogP contribution in [0, 0.1) is 5.82 Å². The normalized spacial score (nSPS) is 14.6. The monoisotopic (exact) mass is 499 g/mol. The van der Waals surface area contributed by atoms with Crippen molar-refractivity contribution < 1.29 is 18.7 Å². The highest BCUT2D eigenvalue weighted by Gasteiger charge is 2.22. The lowest BCUT2D eigenvalue weighted by Gasteiger charge is -2.31. The molecule has 0 bridgehead atoms. The quantitative estimate of drug-likeness (QED) is 0.426. The predicted octanol–water partition coefficient (Wildman–Crippen LogP) is 3.69. The summed E-state index contributed by atoms with van der Waals surface area (Å²) in [7, 11) is 1.60. The van der Waals surface area contributed by atoms with E-state index in [-0.39, 0.29) is 24.3 Å². The zero-order chi connectivity index (χ0) is 24.6. The van der Waals surface area contributed by atoms with E-state index in [0.717, 1.165) is 38.2 Å².